The molecule has 1 aliphatic heterocycles. The van der Waals surface area contributed by atoms with Gasteiger partial charge in [0.25, 0.3) is 11.8 Å². The number of aliphatic hydroxyl groups excluding tert-OH is 1. The summed E-state index contributed by atoms with van der Waals surface area (Å²) in [6, 6.07) is 12.4. The topological polar surface area (TPSA) is 103 Å². The van der Waals surface area contributed by atoms with Crippen LogP contribution in [0.3, 0.4) is 0 Å². The number of piperidine rings is 1. The minimum absolute atomic E-state index is 0.0204. The molecule has 0 saturated carbocycles. The van der Waals surface area contributed by atoms with E-state index in [-0.39, 0.29) is 41.3 Å². The van der Waals surface area contributed by atoms with Gasteiger partial charge in [-0.15, -0.1) is 0 Å². The third-order valence-electron chi connectivity index (χ3n) is 7.83. The minimum Gasteiger partial charge on any atom is -0.392 e. The molecule has 9 nitrogen and oxygen atoms in total. The number of anilines is 2. The smallest absolute Gasteiger partial charge is 0.392 e. The zero-order valence-electron chi connectivity index (χ0n) is 25.1. The van der Waals surface area contributed by atoms with Crippen molar-refractivity contribution in [2.24, 2.45) is 5.10 Å². The monoisotopic (exact) mass is 655 g/mol. The Morgan fingerprint density at radius 3 is 2.63 bits per heavy atom. The van der Waals surface area contributed by atoms with Crippen LogP contribution in [-0.4, -0.2) is 53.6 Å². The van der Waals surface area contributed by atoms with E-state index in [4.69, 9.17) is 16.7 Å². The number of hydrogen-bond donors (Lipinski definition) is 3. The van der Waals surface area contributed by atoms with Gasteiger partial charge in [0.1, 0.15) is 25.5 Å². The van der Waals surface area contributed by atoms with Crippen LogP contribution in [0.15, 0.2) is 88.5 Å². The molecule has 13 heteroatoms. The Bertz CT molecular complexity index is 1670. The normalized spacial score (nSPS) is 15.7. The summed E-state index contributed by atoms with van der Waals surface area (Å²) in [5.41, 5.74) is 4.30. The Hall–Kier alpha value is -4.42. The number of amides is 2. The van der Waals surface area contributed by atoms with Crippen molar-refractivity contribution in [3.63, 3.8) is 0 Å². The molecule has 0 radical (unpaired) electrons. The van der Waals surface area contributed by atoms with Crippen molar-refractivity contribution in [3.05, 3.63) is 100 Å². The molecule has 2 aromatic carbocycles. The average molecular weight is 656 g/mol. The summed E-state index contributed by atoms with van der Waals surface area (Å²) in [5, 5.41) is 15.7. The van der Waals surface area contributed by atoms with Gasteiger partial charge in [0.2, 0.25) is 6.33 Å². The number of hydrogen-bond acceptors (Lipinski definition) is 5. The molecule has 0 spiro atoms. The van der Waals surface area contributed by atoms with Crippen LogP contribution in [0.25, 0.3) is 0 Å². The fourth-order valence-corrected chi connectivity index (χ4v) is 5.73. The number of halogens is 4. The van der Waals surface area contributed by atoms with E-state index in [0.717, 1.165) is 49.7 Å². The molecule has 1 aromatic heterocycles. The summed E-state index contributed by atoms with van der Waals surface area (Å²) in [6.07, 6.45) is 6.58. The average Bonchev–Trinajstić information content (AvgIpc) is 3.48. The van der Waals surface area contributed by atoms with Crippen LogP contribution in [0.5, 0.6) is 0 Å². The molecule has 2 heterocycles. The van der Waals surface area contributed by atoms with Gasteiger partial charge in [-0.1, -0.05) is 23.7 Å². The molecule has 3 N–H and O–H groups in total. The number of nitrogens with zero attached hydrogens (tertiary/aromatic N) is 4. The van der Waals surface area contributed by atoms with Crippen molar-refractivity contribution >= 4 is 41.0 Å². The number of benzene rings is 2. The number of alkyl halides is 3. The van der Waals surface area contributed by atoms with Gasteiger partial charge in [-0.2, -0.15) is 18.3 Å². The summed E-state index contributed by atoms with van der Waals surface area (Å²) in [6.45, 7) is 2.70. The molecule has 1 fully saturated rings. The standard InChI is InChI=1S/C33H34ClF3N6O3/c34-29-9-7-23(18-28(29)33(35,36)37)20-38-40-32(46)27-19-26(43-11-2-1-3-12-43)8-10-30(27)39-31(45)25-6-4-5-24(17-25)21-42-14-13-41(22-42)15-16-44/h4-6,8,10,13-14,17-20,22,44H,1-3,7,9,11-12,15-16,21H2,(H-,39,40,45,46)/p+1/b38-20+. The SMILES string of the molecule is O=C(Nc1ccc(N2CCCCC2)cc1C(=O)N/N=C/C1=CC(C(F)(F)F)=C(Cl)CC1)c1cccc(C[n+]2ccn(CCO)c2)c1. The Morgan fingerprint density at radius 2 is 1.87 bits per heavy atom. The van der Waals surface area contributed by atoms with E-state index in [0.29, 0.717) is 18.7 Å². The lowest BCUT2D eigenvalue weighted by Crippen LogP contribution is -2.31. The number of hydrazone groups is 1. The van der Waals surface area contributed by atoms with Crippen LogP contribution < -0.4 is 20.2 Å². The Balaban J connectivity index is 1.34. The van der Waals surface area contributed by atoms with Crippen molar-refractivity contribution < 1.29 is 32.4 Å². The van der Waals surface area contributed by atoms with Gasteiger partial charge in [0.15, 0.2) is 0 Å². The second-order valence-electron chi connectivity index (χ2n) is 11.2. The number of nitrogens with one attached hydrogen (secondary N) is 2. The fourth-order valence-electron chi connectivity index (χ4n) is 5.47. The molecule has 1 saturated heterocycles. The predicted octanol–water partition coefficient (Wildman–Crippen LogP) is 5.55. The first-order chi connectivity index (χ1) is 22.1. The lowest BCUT2D eigenvalue weighted by Gasteiger charge is -2.29. The Morgan fingerprint density at radius 1 is 1.07 bits per heavy atom. The summed E-state index contributed by atoms with van der Waals surface area (Å²) < 4.78 is 43.7. The quantitative estimate of drug-likeness (QED) is 0.151. The molecule has 5 rings (SSSR count). The maximum Gasteiger partial charge on any atom is 0.417 e. The van der Waals surface area contributed by atoms with Gasteiger partial charge < -0.3 is 15.3 Å². The largest absolute Gasteiger partial charge is 0.417 e. The lowest BCUT2D eigenvalue weighted by atomic mass is 9.99. The van der Waals surface area contributed by atoms with Crippen LogP contribution in [0, 0.1) is 0 Å². The zero-order chi connectivity index (χ0) is 32.7. The van der Waals surface area contributed by atoms with E-state index in [1.165, 1.54) is 6.21 Å². The first kappa shape index (κ1) is 33.0. The van der Waals surface area contributed by atoms with Gasteiger partial charge in [-0.25, -0.2) is 14.6 Å². The molecular weight excluding hydrogens is 621 g/mol. The molecule has 0 unspecified atom stereocenters. The lowest BCUT2D eigenvalue weighted by molar-refractivity contribution is -0.687. The number of imidazole rings is 1. The fraction of sp³-hybridized carbons (Fsp3) is 0.333. The van der Waals surface area contributed by atoms with Crippen molar-refractivity contribution in [3.8, 4) is 0 Å². The maximum atomic E-state index is 13.4. The third kappa shape index (κ3) is 8.43. The van der Waals surface area contributed by atoms with Crippen molar-refractivity contribution in [2.45, 2.75) is 51.4 Å². The van der Waals surface area contributed by atoms with E-state index in [1.54, 1.807) is 30.3 Å². The van der Waals surface area contributed by atoms with Crippen LogP contribution in [0.4, 0.5) is 24.5 Å². The summed E-state index contributed by atoms with van der Waals surface area (Å²) in [5.74, 6) is -1.03. The molecule has 3 aromatic rings. The van der Waals surface area contributed by atoms with Gasteiger partial charge in [0, 0.05) is 29.4 Å². The molecule has 0 bridgehead atoms. The predicted molar refractivity (Wildman–Crippen MR) is 170 cm³/mol. The maximum absolute atomic E-state index is 13.4. The van der Waals surface area contributed by atoms with Crippen LogP contribution in [0.2, 0.25) is 0 Å². The van der Waals surface area contributed by atoms with Gasteiger partial charge in [-0.3, -0.25) is 9.59 Å². The highest BCUT2D eigenvalue weighted by atomic mass is 35.5. The summed E-state index contributed by atoms with van der Waals surface area (Å²) in [7, 11) is 0. The van der Waals surface area contributed by atoms with E-state index >= 15 is 0 Å². The second-order valence-corrected chi connectivity index (χ2v) is 11.7. The zero-order valence-corrected chi connectivity index (χ0v) is 25.8. The number of carbonyl (C=O) groups excluding carboxylic acids is 2. The van der Waals surface area contributed by atoms with Crippen molar-refractivity contribution in [2.75, 3.05) is 29.9 Å². The molecule has 242 valence electrons. The molecule has 46 heavy (non-hydrogen) atoms. The first-order valence-electron chi connectivity index (χ1n) is 15.1. The highest BCUT2D eigenvalue weighted by Gasteiger charge is 2.36. The van der Waals surface area contributed by atoms with E-state index < -0.39 is 23.6 Å². The highest BCUT2D eigenvalue weighted by Crippen LogP contribution is 2.37. The molecule has 0 atom stereocenters. The molecular formula is C33H35ClF3N6O3+. The van der Waals surface area contributed by atoms with Crippen molar-refractivity contribution in [1.82, 2.24) is 9.99 Å². The number of rotatable bonds is 10. The van der Waals surface area contributed by atoms with Gasteiger partial charge >= 0.3 is 6.18 Å². The summed E-state index contributed by atoms with van der Waals surface area (Å²) in [4.78, 5) is 29.0. The van der Waals surface area contributed by atoms with Crippen LogP contribution >= 0.6 is 11.6 Å². The van der Waals surface area contributed by atoms with Gasteiger partial charge in [0.05, 0.1) is 29.6 Å². The Labute approximate surface area is 269 Å². The van der Waals surface area contributed by atoms with Crippen LogP contribution in [-0.2, 0) is 13.1 Å². The number of carbonyl (C=O) groups is 2. The third-order valence-corrected chi connectivity index (χ3v) is 8.23. The van der Waals surface area contributed by atoms with E-state index in [1.807, 2.05) is 40.0 Å². The van der Waals surface area contributed by atoms with E-state index in [9.17, 15) is 22.8 Å². The number of aliphatic hydroxyl groups is 1. The minimum atomic E-state index is -4.59. The second kappa shape index (κ2) is 14.8. The number of allylic oxidation sites excluding steroid dienone is 4. The summed E-state index contributed by atoms with van der Waals surface area (Å²) >= 11 is 5.79. The molecule has 2 amide bonds. The van der Waals surface area contributed by atoms with E-state index in [2.05, 4.69) is 20.7 Å². The molecule has 2 aliphatic rings. The van der Waals surface area contributed by atoms with Crippen molar-refractivity contribution in [1.29, 1.82) is 0 Å². The molecule has 1 aliphatic carbocycles. The highest BCUT2D eigenvalue weighted by molar-refractivity contribution is 6.30. The van der Waals surface area contributed by atoms with Crippen LogP contribution in [0.1, 0.15) is 58.4 Å². The first-order valence-corrected chi connectivity index (χ1v) is 15.4. The van der Waals surface area contributed by atoms with Gasteiger partial charge in [-0.05, 0) is 79.6 Å². The number of aromatic nitrogens is 2. The Kier molecular flexibility index (Phi) is 10.6.